The summed E-state index contributed by atoms with van der Waals surface area (Å²) in [6, 6.07) is 3.02. The molecule has 0 saturated heterocycles. The number of aldehydes is 1. The summed E-state index contributed by atoms with van der Waals surface area (Å²) in [7, 11) is 0. The first-order valence-electron chi connectivity index (χ1n) is 6.51. The Labute approximate surface area is 132 Å². The number of benzene rings is 1. The van der Waals surface area contributed by atoms with Crippen LogP contribution in [0.3, 0.4) is 0 Å². The smallest absolute Gasteiger partial charge is 0.408 e. The molecule has 0 aliphatic rings. The van der Waals surface area contributed by atoms with Crippen LogP contribution in [0.25, 0.3) is 0 Å². The van der Waals surface area contributed by atoms with Gasteiger partial charge in [0.05, 0.1) is 11.0 Å². The van der Waals surface area contributed by atoms with Gasteiger partial charge in [0.1, 0.15) is 11.9 Å². The highest BCUT2D eigenvalue weighted by Gasteiger charge is 2.23. The molecule has 1 aromatic carbocycles. The first-order chi connectivity index (χ1) is 10.1. The first kappa shape index (κ1) is 17.9. The van der Waals surface area contributed by atoms with Crippen molar-refractivity contribution in [2.45, 2.75) is 38.8 Å². The minimum Gasteiger partial charge on any atom is -0.444 e. The molecule has 0 aromatic heterocycles. The topological polar surface area (TPSA) is 98.5 Å². The third-order valence-electron chi connectivity index (χ3n) is 2.59. The number of nitro groups is 1. The maximum absolute atomic E-state index is 11.8. The van der Waals surface area contributed by atoms with E-state index in [1.807, 2.05) is 0 Å². The number of nitrogens with zero attached hydrogens (tertiary/aromatic N) is 1. The Morgan fingerprint density at radius 2 is 2.14 bits per heavy atom. The van der Waals surface area contributed by atoms with E-state index >= 15 is 0 Å². The number of carbonyl (C=O) groups is 2. The molecule has 0 radical (unpaired) electrons. The fourth-order valence-electron chi connectivity index (χ4n) is 1.72. The fraction of sp³-hybridized carbons (Fsp3) is 0.429. The Morgan fingerprint density at radius 3 is 2.64 bits per heavy atom. The molecular weight excluding hydrogens is 312 g/mol. The molecule has 1 aromatic rings. The summed E-state index contributed by atoms with van der Waals surface area (Å²) in [5.74, 6) is 0. The maximum Gasteiger partial charge on any atom is 0.408 e. The molecule has 0 unspecified atom stereocenters. The van der Waals surface area contributed by atoms with Crippen LogP contribution >= 0.6 is 11.6 Å². The highest BCUT2D eigenvalue weighted by atomic mass is 35.5. The highest BCUT2D eigenvalue weighted by molar-refractivity contribution is 6.31. The van der Waals surface area contributed by atoms with Crippen LogP contribution in [0.2, 0.25) is 5.02 Å². The summed E-state index contributed by atoms with van der Waals surface area (Å²) in [5.41, 5.74) is -0.599. The van der Waals surface area contributed by atoms with Gasteiger partial charge in [-0.15, -0.1) is 0 Å². The van der Waals surface area contributed by atoms with Gasteiger partial charge in [-0.3, -0.25) is 10.1 Å². The van der Waals surface area contributed by atoms with Gasteiger partial charge < -0.3 is 14.8 Å². The molecule has 0 spiro atoms. The predicted octanol–water partition coefficient (Wildman–Crippen LogP) is 3.40. The van der Waals surface area contributed by atoms with E-state index in [1.165, 1.54) is 18.2 Å². The lowest BCUT2D eigenvalue weighted by Gasteiger charge is -2.23. The van der Waals surface area contributed by atoms with Crippen molar-refractivity contribution in [3.05, 3.63) is 38.9 Å². The van der Waals surface area contributed by atoms with Crippen molar-refractivity contribution in [2.24, 2.45) is 0 Å². The summed E-state index contributed by atoms with van der Waals surface area (Å²) in [4.78, 5) is 32.9. The molecule has 0 aliphatic carbocycles. The van der Waals surface area contributed by atoms with Crippen LogP contribution in [0, 0.1) is 10.1 Å². The monoisotopic (exact) mass is 328 g/mol. The van der Waals surface area contributed by atoms with E-state index < -0.39 is 22.7 Å². The molecule has 120 valence electrons. The lowest BCUT2D eigenvalue weighted by atomic mass is 10.0. The molecule has 22 heavy (non-hydrogen) atoms. The van der Waals surface area contributed by atoms with E-state index in [9.17, 15) is 19.7 Å². The van der Waals surface area contributed by atoms with Crippen LogP contribution < -0.4 is 5.32 Å². The fourth-order valence-corrected chi connectivity index (χ4v) is 1.97. The van der Waals surface area contributed by atoms with Crippen molar-refractivity contribution >= 4 is 29.7 Å². The SMILES string of the molecule is CC(C)(C)OC(=O)N[C@@H](CC=O)c1cc([N+](=O)[O-])ccc1Cl. The average Bonchev–Trinajstić information content (AvgIpc) is 2.36. The maximum atomic E-state index is 11.8. The van der Waals surface area contributed by atoms with Crippen LogP contribution in [0.1, 0.15) is 38.8 Å². The molecule has 8 heteroatoms. The second-order valence-electron chi connectivity index (χ2n) is 5.56. The third-order valence-corrected chi connectivity index (χ3v) is 2.93. The molecule has 0 saturated carbocycles. The van der Waals surface area contributed by atoms with Crippen molar-refractivity contribution in [1.82, 2.24) is 5.32 Å². The van der Waals surface area contributed by atoms with Gasteiger partial charge in [-0.1, -0.05) is 11.6 Å². The molecule has 7 nitrogen and oxygen atoms in total. The normalized spacial score (nSPS) is 12.4. The van der Waals surface area contributed by atoms with E-state index in [0.717, 1.165) is 0 Å². The van der Waals surface area contributed by atoms with Crippen LogP contribution in [0.5, 0.6) is 0 Å². The van der Waals surface area contributed by atoms with Crippen molar-refractivity contribution in [1.29, 1.82) is 0 Å². The summed E-state index contributed by atoms with van der Waals surface area (Å²) in [5, 5.41) is 13.6. The number of non-ortho nitro benzene ring substituents is 1. The number of hydrogen-bond donors (Lipinski definition) is 1. The first-order valence-corrected chi connectivity index (χ1v) is 6.89. The molecule has 1 rings (SSSR count). The number of hydrogen-bond acceptors (Lipinski definition) is 5. The van der Waals surface area contributed by atoms with E-state index in [1.54, 1.807) is 20.8 Å². The largest absolute Gasteiger partial charge is 0.444 e. The number of amides is 1. The van der Waals surface area contributed by atoms with Gasteiger partial charge in [-0.05, 0) is 26.8 Å². The zero-order valence-electron chi connectivity index (χ0n) is 12.5. The molecule has 1 atom stereocenters. The number of ether oxygens (including phenoxy) is 1. The summed E-state index contributed by atoms with van der Waals surface area (Å²) < 4.78 is 5.11. The Kier molecular flexibility index (Phi) is 5.87. The minimum atomic E-state index is -0.806. The number of nitrogens with one attached hydrogen (secondary N) is 1. The van der Waals surface area contributed by atoms with E-state index in [-0.39, 0.29) is 22.7 Å². The third kappa shape index (κ3) is 5.33. The van der Waals surface area contributed by atoms with E-state index in [2.05, 4.69) is 5.32 Å². The van der Waals surface area contributed by atoms with Gasteiger partial charge >= 0.3 is 6.09 Å². The number of carbonyl (C=O) groups excluding carboxylic acids is 2. The summed E-state index contributed by atoms with van der Waals surface area (Å²) in [6.07, 6.45) is -0.223. The molecule has 0 fully saturated rings. The Bertz CT molecular complexity index is 583. The molecule has 0 heterocycles. The zero-order valence-corrected chi connectivity index (χ0v) is 13.2. The molecule has 1 amide bonds. The van der Waals surface area contributed by atoms with Crippen molar-refractivity contribution < 1.29 is 19.2 Å². The predicted molar refractivity (Wildman–Crippen MR) is 80.9 cm³/mol. The van der Waals surface area contributed by atoms with Gasteiger partial charge in [-0.2, -0.15) is 0 Å². The number of rotatable bonds is 5. The van der Waals surface area contributed by atoms with Gasteiger partial charge in [0, 0.05) is 29.1 Å². The molecular formula is C14H17ClN2O5. The second-order valence-corrected chi connectivity index (χ2v) is 5.97. The van der Waals surface area contributed by atoms with Gasteiger partial charge in [0.2, 0.25) is 0 Å². The number of halogens is 1. The average molecular weight is 329 g/mol. The molecule has 0 bridgehead atoms. The standard InChI is InChI=1S/C14H17ClN2O5/c1-14(2,3)22-13(19)16-12(6-7-18)10-8-9(17(20)21)4-5-11(10)15/h4-5,7-8,12H,6H2,1-3H3,(H,16,19)/t12-/m0/s1. The van der Waals surface area contributed by atoms with Gasteiger partial charge in [-0.25, -0.2) is 4.79 Å². The van der Waals surface area contributed by atoms with Gasteiger partial charge in [0.15, 0.2) is 0 Å². The Balaban J connectivity index is 3.05. The highest BCUT2D eigenvalue weighted by Crippen LogP contribution is 2.29. The van der Waals surface area contributed by atoms with Crippen LogP contribution in [0.15, 0.2) is 18.2 Å². The van der Waals surface area contributed by atoms with Crippen LogP contribution in [-0.2, 0) is 9.53 Å². The summed E-state index contributed by atoms with van der Waals surface area (Å²) in [6.45, 7) is 5.09. The number of alkyl carbamates (subject to hydrolysis) is 1. The van der Waals surface area contributed by atoms with Crippen LogP contribution in [-0.4, -0.2) is 22.9 Å². The summed E-state index contributed by atoms with van der Waals surface area (Å²) >= 11 is 6.02. The van der Waals surface area contributed by atoms with E-state index in [4.69, 9.17) is 16.3 Å². The van der Waals surface area contributed by atoms with Gasteiger partial charge in [0.25, 0.3) is 5.69 Å². The lowest BCUT2D eigenvalue weighted by Crippen LogP contribution is -2.35. The van der Waals surface area contributed by atoms with Crippen LogP contribution in [0.4, 0.5) is 10.5 Å². The van der Waals surface area contributed by atoms with Crippen molar-refractivity contribution in [3.8, 4) is 0 Å². The van der Waals surface area contributed by atoms with Crippen molar-refractivity contribution in [3.63, 3.8) is 0 Å². The van der Waals surface area contributed by atoms with E-state index in [0.29, 0.717) is 6.29 Å². The quantitative estimate of drug-likeness (QED) is 0.507. The Morgan fingerprint density at radius 1 is 1.50 bits per heavy atom. The van der Waals surface area contributed by atoms with Crippen molar-refractivity contribution in [2.75, 3.05) is 0 Å². The number of nitro benzene ring substituents is 1. The Hall–Kier alpha value is -2.15. The zero-order chi connectivity index (χ0) is 16.9. The molecule has 0 aliphatic heterocycles. The minimum absolute atomic E-state index is 0.0832. The molecule has 1 N–H and O–H groups in total. The lowest BCUT2D eigenvalue weighted by molar-refractivity contribution is -0.384. The second kappa shape index (κ2) is 7.22.